The summed E-state index contributed by atoms with van der Waals surface area (Å²) >= 11 is 0. The Morgan fingerprint density at radius 3 is 2.68 bits per heavy atom. The number of fused-ring (bicyclic) bond motifs is 1. The van der Waals surface area contributed by atoms with Crippen molar-refractivity contribution >= 4 is 30.8 Å². The molecular formula is C19H15N6O2P. The topological polar surface area (TPSA) is 130 Å². The third-order valence-electron chi connectivity index (χ3n) is 3.62. The molecule has 0 radical (unpaired) electrons. The molecule has 0 aliphatic carbocycles. The lowest BCUT2D eigenvalue weighted by atomic mass is 10.1. The van der Waals surface area contributed by atoms with Crippen LogP contribution in [-0.2, 0) is 4.52 Å². The van der Waals surface area contributed by atoms with Crippen LogP contribution in [0.1, 0.15) is 12.0 Å². The van der Waals surface area contributed by atoms with Crippen molar-refractivity contribution in [2.45, 2.75) is 6.42 Å². The maximum Gasteiger partial charge on any atom is 0.315 e. The van der Waals surface area contributed by atoms with Crippen LogP contribution >= 0.6 is 8.53 Å². The minimum absolute atomic E-state index is 0.203. The van der Waals surface area contributed by atoms with Crippen LogP contribution in [0.2, 0.25) is 0 Å². The fourth-order valence-corrected chi connectivity index (χ4v) is 3.03. The number of hydrogen-bond acceptors (Lipinski definition) is 8. The summed E-state index contributed by atoms with van der Waals surface area (Å²) in [4.78, 5) is 4.35. The molecule has 0 bridgehead atoms. The van der Waals surface area contributed by atoms with Crippen molar-refractivity contribution in [3.05, 3.63) is 60.3 Å². The second-order valence-electron chi connectivity index (χ2n) is 5.43. The van der Waals surface area contributed by atoms with E-state index in [4.69, 9.17) is 25.1 Å². The van der Waals surface area contributed by atoms with Crippen LogP contribution in [0.15, 0.2) is 65.0 Å². The molecule has 8 nitrogen and oxygen atoms in total. The van der Waals surface area contributed by atoms with Crippen LogP contribution in [0, 0.1) is 22.7 Å². The van der Waals surface area contributed by atoms with E-state index in [9.17, 15) is 0 Å². The molecule has 0 amide bonds. The molecule has 0 aliphatic rings. The fraction of sp³-hybridized carbons (Fsp3) is 0.105. The third kappa shape index (κ3) is 4.64. The molecule has 3 aromatic rings. The van der Waals surface area contributed by atoms with Gasteiger partial charge in [-0.3, -0.25) is 10.5 Å². The molecule has 1 unspecified atom stereocenters. The van der Waals surface area contributed by atoms with Crippen molar-refractivity contribution in [2.75, 3.05) is 6.61 Å². The summed E-state index contributed by atoms with van der Waals surface area (Å²) < 4.78 is 11.0. The second-order valence-corrected chi connectivity index (χ2v) is 6.44. The molecule has 1 heterocycles. The predicted octanol–water partition coefficient (Wildman–Crippen LogP) is 5.02. The number of nitrogens with zero attached hydrogens (tertiary/aromatic N) is 5. The summed E-state index contributed by atoms with van der Waals surface area (Å²) in [6.07, 6.45) is 1.87. The van der Waals surface area contributed by atoms with Crippen molar-refractivity contribution in [2.24, 2.45) is 15.7 Å². The summed E-state index contributed by atoms with van der Waals surface area (Å²) in [5.74, 6) is 0.456. The number of hydrogen-bond donors (Lipinski definition) is 1. The van der Waals surface area contributed by atoms with E-state index in [2.05, 4.69) is 21.3 Å². The average molecular weight is 390 g/mol. The minimum Gasteiger partial charge on any atom is -0.434 e. The summed E-state index contributed by atoms with van der Waals surface area (Å²) in [6.45, 7) is 0.203. The minimum atomic E-state index is -1.68. The van der Waals surface area contributed by atoms with Gasteiger partial charge in [-0.05, 0) is 36.4 Å². The molecule has 28 heavy (non-hydrogen) atoms. The quantitative estimate of drug-likeness (QED) is 0.343. The van der Waals surface area contributed by atoms with E-state index in [0.29, 0.717) is 28.2 Å². The number of nitriles is 2. The Morgan fingerprint density at radius 2 is 1.86 bits per heavy atom. The molecule has 0 saturated heterocycles. The van der Waals surface area contributed by atoms with Gasteiger partial charge >= 0.3 is 8.53 Å². The van der Waals surface area contributed by atoms with Crippen molar-refractivity contribution in [3.8, 4) is 17.9 Å². The maximum atomic E-state index is 9.17. The number of nitrogens with two attached hydrogens (primary N) is 1. The standard InChI is InChI=1S/C19H15N6O2P/c20-10-4-12-26-28(22)27-18-9-8-17(15-6-3-11-23-19(15)18)25-24-16-7-2-1-5-14(16)13-21/h1-3,5-9,11H,4,12,22H2. The number of pyridine rings is 1. The zero-order valence-electron chi connectivity index (χ0n) is 14.7. The van der Waals surface area contributed by atoms with E-state index in [1.165, 1.54) is 0 Å². The highest BCUT2D eigenvalue weighted by Gasteiger charge is 2.13. The van der Waals surface area contributed by atoms with Crippen molar-refractivity contribution < 1.29 is 9.05 Å². The number of aromatic nitrogens is 1. The highest BCUT2D eigenvalue weighted by molar-refractivity contribution is 7.44. The summed E-state index contributed by atoms with van der Waals surface area (Å²) in [7, 11) is -1.68. The van der Waals surface area contributed by atoms with Gasteiger partial charge in [0.2, 0.25) is 0 Å². The van der Waals surface area contributed by atoms with E-state index >= 15 is 0 Å². The van der Waals surface area contributed by atoms with E-state index in [1.54, 1.807) is 48.7 Å². The van der Waals surface area contributed by atoms with E-state index in [0.717, 1.165) is 5.39 Å². The summed E-state index contributed by atoms with van der Waals surface area (Å²) in [5, 5.41) is 26.9. The lowest BCUT2D eigenvalue weighted by Gasteiger charge is -2.14. The lowest BCUT2D eigenvalue weighted by Crippen LogP contribution is -2.02. The van der Waals surface area contributed by atoms with Gasteiger partial charge in [0, 0.05) is 11.6 Å². The van der Waals surface area contributed by atoms with Crippen LogP contribution in [0.5, 0.6) is 5.75 Å². The zero-order chi connectivity index (χ0) is 19.8. The SMILES string of the molecule is N#CCCOP(N)Oc1ccc(N=Nc2ccccc2C#N)c2cccnc12. The highest BCUT2D eigenvalue weighted by atomic mass is 31.2. The fourth-order valence-electron chi connectivity index (χ4n) is 2.36. The molecule has 2 N–H and O–H groups in total. The molecule has 1 aromatic heterocycles. The number of azo groups is 1. The van der Waals surface area contributed by atoms with Gasteiger partial charge in [-0.1, -0.05) is 12.1 Å². The first-order valence-corrected chi connectivity index (χ1v) is 9.49. The number of benzene rings is 2. The Kier molecular flexibility index (Phi) is 6.56. The summed E-state index contributed by atoms with van der Waals surface area (Å²) in [5.41, 5.74) is 7.92. The Labute approximate surface area is 162 Å². The van der Waals surface area contributed by atoms with Crippen molar-refractivity contribution in [3.63, 3.8) is 0 Å². The first-order chi connectivity index (χ1) is 13.7. The number of rotatable bonds is 7. The molecule has 0 saturated carbocycles. The van der Waals surface area contributed by atoms with Gasteiger partial charge in [0.1, 0.15) is 17.3 Å². The van der Waals surface area contributed by atoms with E-state index in [-0.39, 0.29) is 13.0 Å². The average Bonchev–Trinajstić information content (AvgIpc) is 2.73. The van der Waals surface area contributed by atoms with Gasteiger partial charge in [-0.15, -0.1) is 10.2 Å². The molecule has 0 spiro atoms. The lowest BCUT2D eigenvalue weighted by molar-refractivity contribution is 0.323. The molecule has 1 atom stereocenters. The predicted molar refractivity (Wildman–Crippen MR) is 105 cm³/mol. The van der Waals surface area contributed by atoms with Crippen LogP contribution in [0.4, 0.5) is 11.4 Å². The van der Waals surface area contributed by atoms with Crippen LogP contribution < -0.4 is 10.0 Å². The van der Waals surface area contributed by atoms with Gasteiger partial charge in [0.25, 0.3) is 0 Å². The molecule has 0 fully saturated rings. The monoisotopic (exact) mass is 390 g/mol. The van der Waals surface area contributed by atoms with Crippen LogP contribution in [-0.4, -0.2) is 11.6 Å². The molecule has 0 aliphatic heterocycles. The molecule has 138 valence electrons. The Balaban J connectivity index is 1.89. The third-order valence-corrected chi connectivity index (χ3v) is 4.43. The van der Waals surface area contributed by atoms with Gasteiger partial charge < -0.3 is 9.05 Å². The van der Waals surface area contributed by atoms with Gasteiger partial charge in [-0.2, -0.15) is 10.5 Å². The maximum absolute atomic E-state index is 9.17. The second kappa shape index (κ2) is 9.50. The first-order valence-electron chi connectivity index (χ1n) is 8.24. The van der Waals surface area contributed by atoms with Gasteiger partial charge in [0.15, 0.2) is 5.75 Å². The smallest absolute Gasteiger partial charge is 0.315 e. The van der Waals surface area contributed by atoms with E-state index < -0.39 is 8.53 Å². The van der Waals surface area contributed by atoms with E-state index in [1.807, 2.05) is 12.1 Å². The molecule has 9 heteroatoms. The van der Waals surface area contributed by atoms with Crippen LogP contribution in [0.3, 0.4) is 0 Å². The Morgan fingerprint density at radius 1 is 1.04 bits per heavy atom. The molecule has 2 aromatic carbocycles. The zero-order valence-corrected chi connectivity index (χ0v) is 15.6. The normalized spacial score (nSPS) is 11.8. The first kappa shape index (κ1) is 19.3. The largest absolute Gasteiger partial charge is 0.434 e. The van der Waals surface area contributed by atoms with Crippen molar-refractivity contribution in [1.29, 1.82) is 10.5 Å². The van der Waals surface area contributed by atoms with Crippen LogP contribution in [0.25, 0.3) is 10.9 Å². The van der Waals surface area contributed by atoms with Gasteiger partial charge in [0.05, 0.1) is 30.3 Å². The molecule has 3 rings (SSSR count). The van der Waals surface area contributed by atoms with Gasteiger partial charge in [-0.25, -0.2) is 0 Å². The Bertz CT molecular complexity index is 1090. The summed E-state index contributed by atoms with van der Waals surface area (Å²) in [6, 6.07) is 18.1. The van der Waals surface area contributed by atoms with Crippen molar-refractivity contribution in [1.82, 2.24) is 4.98 Å². The highest BCUT2D eigenvalue weighted by Crippen LogP contribution is 2.38. The molecular weight excluding hydrogens is 375 g/mol. The Hall–Kier alpha value is -3.42.